The normalized spacial score (nSPS) is 21.6. The van der Waals surface area contributed by atoms with Crippen molar-refractivity contribution < 1.29 is 27.6 Å². The van der Waals surface area contributed by atoms with Crippen molar-refractivity contribution in [3.63, 3.8) is 0 Å². The summed E-state index contributed by atoms with van der Waals surface area (Å²) in [5.74, 6) is -0.113. The predicted molar refractivity (Wildman–Crippen MR) is 135 cm³/mol. The number of benzene rings is 1. The topological polar surface area (TPSA) is 141 Å². The summed E-state index contributed by atoms with van der Waals surface area (Å²) in [6.07, 6.45) is 3.93. The second-order valence-electron chi connectivity index (χ2n) is 9.53. The van der Waals surface area contributed by atoms with E-state index in [1.54, 1.807) is 12.1 Å². The summed E-state index contributed by atoms with van der Waals surface area (Å²) < 4.78 is 39.7. The van der Waals surface area contributed by atoms with Gasteiger partial charge in [0.25, 0.3) is 5.69 Å². The number of aromatic nitrogens is 1. The highest BCUT2D eigenvalue weighted by molar-refractivity contribution is 7.89. The number of para-hydroxylation sites is 1. The number of hydrogen-bond donors (Lipinski definition) is 1. The standard InChI is InChI=1S/C25H32N4O7S/c1-35-24(30)19-10-11-23-27-20(19)7-4-12-25(13-5-14-26-17-25)18-28(15-6-16-36-23)37(33,34)22-9-3-2-8-21(22)29(31)32/h2-3,8-11,26H,4-7,12-18H2,1H3. The smallest absolute Gasteiger partial charge is 0.339 e. The summed E-state index contributed by atoms with van der Waals surface area (Å²) in [4.78, 5) is 27.5. The molecule has 1 aromatic heterocycles. The van der Waals surface area contributed by atoms with Crippen LogP contribution < -0.4 is 10.1 Å². The summed E-state index contributed by atoms with van der Waals surface area (Å²) in [6.45, 7) is 2.04. The maximum Gasteiger partial charge on any atom is 0.339 e. The summed E-state index contributed by atoms with van der Waals surface area (Å²) in [7, 11) is -2.83. The molecule has 1 fully saturated rings. The highest BCUT2D eigenvalue weighted by Crippen LogP contribution is 2.36. The van der Waals surface area contributed by atoms with Gasteiger partial charge >= 0.3 is 5.97 Å². The van der Waals surface area contributed by atoms with E-state index in [2.05, 4.69) is 10.3 Å². The van der Waals surface area contributed by atoms with Gasteiger partial charge in [0.1, 0.15) is 0 Å². The Bertz CT molecular complexity index is 1250. The minimum Gasteiger partial charge on any atom is -0.478 e. The highest BCUT2D eigenvalue weighted by atomic mass is 32.2. The van der Waals surface area contributed by atoms with Crippen LogP contribution in [0.4, 0.5) is 5.69 Å². The van der Waals surface area contributed by atoms with Gasteiger partial charge in [0.15, 0.2) is 4.90 Å². The molecule has 2 aliphatic rings. The molecule has 12 heteroatoms. The predicted octanol–water partition coefficient (Wildman–Crippen LogP) is 2.94. The largest absolute Gasteiger partial charge is 0.478 e. The maximum atomic E-state index is 13.8. The molecule has 200 valence electrons. The van der Waals surface area contributed by atoms with Gasteiger partial charge in [0.2, 0.25) is 15.9 Å². The van der Waals surface area contributed by atoms with Gasteiger partial charge < -0.3 is 14.8 Å². The van der Waals surface area contributed by atoms with E-state index < -0.39 is 26.6 Å². The second-order valence-corrected chi connectivity index (χ2v) is 11.4. The molecule has 2 aliphatic heterocycles. The molecule has 2 bridgehead atoms. The average Bonchev–Trinajstić information content (AvgIpc) is 2.91. The molecule has 1 aromatic carbocycles. The van der Waals surface area contributed by atoms with Crippen LogP contribution in [0.2, 0.25) is 0 Å². The fraction of sp³-hybridized carbons (Fsp3) is 0.520. The third kappa shape index (κ3) is 6.08. The number of nitrogens with one attached hydrogen (secondary N) is 1. The summed E-state index contributed by atoms with van der Waals surface area (Å²) in [5.41, 5.74) is 0.174. The number of methoxy groups -OCH3 is 1. The number of piperidine rings is 1. The third-order valence-electron chi connectivity index (χ3n) is 7.03. The Morgan fingerprint density at radius 3 is 2.70 bits per heavy atom. The number of fused-ring (bicyclic) bond motifs is 2. The molecule has 37 heavy (non-hydrogen) atoms. The van der Waals surface area contributed by atoms with E-state index in [4.69, 9.17) is 9.47 Å². The van der Waals surface area contributed by atoms with Crippen LogP contribution >= 0.6 is 0 Å². The number of hydrogen-bond acceptors (Lipinski definition) is 9. The van der Waals surface area contributed by atoms with Gasteiger partial charge in [0, 0.05) is 31.8 Å². The zero-order chi connectivity index (χ0) is 26.5. The summed E-state index contributed by atoms with van der Waals surface area (Å²) >= 11 is 0. The van der Waals surface area contributed by atoms with Crippen molar-refractivity contribution in [3.8, 4) is 5.88 Å². The van der Waals surface area contributed by atoms with Crippen LogP contribution in [0.3, 0.4) is 0 Å². The van der Waals surface area contributed by atoms with Crippen LogP contribution in [0.15, 0.2) is 41.3 Å². The number of nitro groups is 1. The SMILES string of the molecule is COC(=O)c1ccc2nc1CCCC1(CCCNC1)CN(S(=O)(=O)c1ccccc1[N+](=O)[O-])CCCO2. The van der Waals surface area contributed by atoms with Crippen LogP contribution in [0.5, 0.6) is 5.88 Å². The molecule has 0 radical (unpaired) electrons. The lowest BCUT2D eigenvalue weighted by Crippen LogP contribution is -2.49. The van der Waals surface area contributed by atoms with Crippen LogP contribution in [0.25, 0.3) is 0 Å². The molecule has 2 aromatic rings. The first-order chi connectivity index (χ1) is 17.8. The fourth-order valence-corrected chi connectivity index (χ4v) is 6.93. The molecule has 4 rings (SSSR count). The van der Waals surface area contributed by atoms with Crippen molar-refractivity contribution in [1.29, 1.82) is 0 Å². The minimum absolute atomic E-state index is 0.142. The molecule has 3 heterocycles. The number of nitrogens with zero attached hydrogens (tertiary/aromatic N) is 3. The minimum atomic E-state index is -4.16. The maximum absolute atomic E-state index is 13.8. The third-order valence-corrected chi connectivity index (χ3v) is 8.92. The molecule has 0 amide bonds. The highest BCUT2D eigenvalue weighted by Gasteiger charge is 2.39. The Morgan fingerprint density at radius 2 is 1.97 bits per heavy atom. The number of ether oxygens (including phenoxy) is 2. The first-order valence-electron chi connectivity index (χ1n) is 12.4. The Hall–Kier alpha value is -3.09. The molecule has 1 N–H and O–H groups in total. The number of esters is 1. The van der Waals surface area contributed by atoms with Crippen LogP contribution in [-0.4, -0.2) is 68.5 Å². The van der Waals surface area contributed by atoms with Crippen molar-refractivity contribution in [2.75, 3.05) is 39.9 Å². The van der Waals surface area contributed by atoms with Crippen molar-refractivity contribution in [2.24, 2.45) is 5.41 Å². The molecule has 0 aliphatic carbocycles. The van der Waals surface area contributed by atoms with Crippen molar-refractivity contribution >= 4 is 21.7 Å². The number of rotatable bonds is 4. The number of aryl methyl sites for hydroxylation is 1. The van der Waals surface area contributed by atoms with E-state index in [-0.39, 0.29) is 30.0 Å². The van der Waals surface area contributed by atoms with E-state index in [1.165, 1.54) is 35.7 Å². The number of carbonyl (C=O) groups excluding carboxylic acids is 1. The van der Waals surface area contributed by atoms with E-state index in [0.29, 0.717) is 49.4 Å². The van der Waals surface area contributed by atoms with Crippen molar-refractivity contribution in [2.45, 2.75) is 43.4 Å². The Kier molecular flexibility index (Phi) is 8.40. The van der Waals surface area contributed by atoms with Gasteiger partial charge in [-0.2, -0.15) is 4.31 Å². The van der Waals surface area contributed by atoms with Crippen molar-refractivity contribution in [1.82, 2.24) is 14.6 Å². The monoisotopic (exact) mass is 532 g/mol. The number of carbonyl (C=O) groups is 1. The quantitative estimate of drug-likeness (QED) is 0.357. The average molecular weight is 533 g/mol. The van der Waals surface area contributed by atoms with Gasteiger partial charge in [-0.3, -0.25) is 10.1 Å². The summed E-state index contributed by atoms with van der Waals surface area (Å²) in [6, 6.07) is 8.71. The zero-order valence-corrected chi connectivity index (χ0v) is 21.7. The van der Waals surface area contributed by atoms with Crippen molar-refractivity contribution in [3.05, 3.63) is 57.8 Å². The Morgan fingerprint density at radius 1 is 1.19 bits per heavy atom. The first kappa shape index (κ1) is 27.0. The van der Waals surface area contributed by atoms with Gasteiger partial charge in [-0.05, 0) is 62.6 Å². The molecular weight excluding hydrogens is 500 g/mol. The number of nitro benzene ring substituents is 1. The lowest BCUT2D eigenvalue weighted by atomic mass is 9.76. The number of sulfonamides is 1. The lowest BCUT2D eigenvalue weighted by molar-refractivity contribution is -0.387. The van der Waals surface area contributed by atoms with Gasteiger partial charge in [-0.25, -0.2) is 18.2 Å². The van der Waals surface area contributed by atoms with Gasteiger partial charge in [-0.1, -0.05) is 12.1 Å². The second kappa shape index (κ2) is 11.5. The van der Waals surface area contributed by atoms with Crippen LogP contribution in [0, 0.1) is 15.5 Å². The Balaban J connectivity index is 1.68. The van der Waals surface area contributed by atoms with E-state index >= 15 is 0 Å². The molecule has 1 saturated heterocycles. The van der Waals surface area contributed by atoms with Crippen LogP contribution in [-0.2, 0) is 21.2 Å². The van der Waals surface area contributed by atoms with Gasteiger partial charge in [0.05, 0.1) is 29.9 Å². The fourth-order valence-electron chi connectivity index (χ4n) is 5.18. The van der Waals surface area contributed by atoms with Crippen LogP contribution in [0.1, 0.15) is 48.2 Å². The molecule has 1 spiro atoms. The van der Waals surface area contributed by atoms with E-state index in [0.717, 1.165) is 19.4 Å². The Labute approximate surface area is 216 Å². The van der Waals surface area contributed by atoms with E-state index in [9.17, 15) is 23.3 Å². The molecule has 1 unspecified atom stereocenters. The molecule has 1 atom stereocenters. The molecular formula is C25H32N4O7S. The first-order valence-corrected chi connectivity index (χ1v) is 13.9. The number of pyridine rings is 1. The summed E-state index contributed by atoms with van der Waals surface area (Å²) in [5, 5.41) is 15.0. The van der Waals surface area contributed by atoms with Gasteiger partial charge in [-0.15, -0.1) is 0 Å². The van der Waals surface area contributed by atoms with E-state index in [1.807, 2.05) is 0 Å². The molecule has 11 nitrogen and oxygen atoms in total. The lowest BCUT2D eigenvalue weighted by Gasteiger charge is -2.41. The zero-order valence-electron chi connectivity index (χ0n) is 20.8. The molecule has 0 saturated carbocycles.